The fraction of sp³-hybridized carbons (Fsp3) is 0.417. The van der Waals surface area contributed by atoms with E-state index in [1.165, 1.54) is 5.56 Å². The van der Waals surface area contributed by atoms with E-state index in [1.807, 2.05) is 35.2 Å². The van der Waals surface area contributed by atoms with Crippen molar-refractivity contribution < 1.29 is 9.53 Å². The fourth-order valence-electron chi connectivity index (χ4n) is 4.23. The quantitative estimate of drug-likeness (QED) is 0.546. The molecule has 1 fully saturated rings. The molecule has 1 aliphatic heterocycles. The molecule has 0 radical (unpaired) electrons. The first kappa shape index (κ1) is 19.5. The Labute approximate surface area is 172 Å². The second kappa shape index (κ2) is 8.68. The third-order valence-corrected chi connectivity index (χ3v) is 5.77. The Kier molecular flexibility index (Phi) is 5.84. The van der Waals surface area contributed by atoms with E-state index in [-0.39, 0.29) is 11.9 Å². The number of nitrogens with zero attached hydrogens (tertiary/aromatic N) is 3. The van der Waals surface area contributed by atoms with E-state index < -0.39 is 0 Å². The van der Waals surface area contributed by atoms with Crippen molar-refractivity contribution in [1.29, 1.82) is 0 Å². The van der Waals surface area contributed by atoms with E-state index in [2.05, 4.69) is 29.7 Å². The van der Waals surface area contributed by atoms with Gasteiger partial charge in [-0.2, -0.15) is 0 Å². The number of hydrogen-bond acceptors (Lipinski definition) is 3. The Morgan fingerprint density at radius 1 is 1.17 bits per heavy atom. The molecule has 0 spiro atoms. The summed E-state index contributed by atoms with van der Waals surface area (Å²) in [6.45, 7) is 6.10. The van der Waals surface area contributed by atoms with Crippen LogP contribution in [-0.4, -0.2) is 33.5 Å². The van der Waals surface area contributed by atoms with Gasteiger partial charge in [0.2, 0.25) is 5.91 Å². The van der Waals surface area contributed by atoms with Gasteiger partial charge in [0.15, 0.2) is 0 Å². The van der Waals surface area contributed by atoms with Crippen molar-refractivity contribution in [1.82, 2.24) is 14.5 Å². The minimum absolute atomic E-state index is 0.0717. The molecular formula is C24H29N3O2. The number of fused-ring (bicyclic) bond motifs is 1. The molecule has 5 heteroatoms. The summed E-state index contributed by atoms with van der Waals surface area (Å²) in [6, 6.07) is 16.6. The lowest BCUT2D eigenvalue weighted by atomic mass is 10.2. The van der Waals surface area contributed by atoms with E-state index in [0.717, 1.165) is 61.4 Å². The molecule has 1 aliphatic rings. The van der Waals surface area contributed by atoms with Gasteiger partial charge in [-0.3, -0.25) is 4.79 Å². The van der Waals surface area contributed by atoms with Crippen LogP contribution in [0, 0.1) is 0 Å². The van der Waals surface area contributed by atoms with E-state index >= 15 is 0 Å². The van der Waals surface area contributed by atoms with Gasteiger partial charge in [0.1, 0.15) is 11.6 Å². The first-order valence-electron chi connectivity index (χ1n) is 10.6. The molecule has 29 heavy (non-hydrogen) atoms. The van der Waals surface area contributed by atoms with Gasteiger partial charge in [0.25, 0.3) is 0 Å². The molecule has 1 aromatic heterocycles. The number of ether oxygens (including phenoxy) is 1. The smallest absolute Gasteiger partial charge is 0.220 e. The number of benzene rings is 2. The number of hydrogen-bond donors (Lipinski definition) is 0. The van der Waals surface area contributed by atoms with Crippen molar-refractivity contribution in [2.24, 2.45) is 0 Å². The molecular weight excluding hydrogens is 362 g/mol. The van der Waals surface area contributed by atoms with Gasteiger partial charge in [0.05, 0.1) is 23.7 Å². The van der Waals surface area contributed by atoms with Crippen LogP contribution < -0.4 is 4.74 Å². The van der Waals surface area contributed by atoms with Crippen LogP contribution >= 0.6 is 0 Å². The highest BCUT2D eigenvalue weighted by Gasteiger charge is 2.31. The van der Waals surface area contributed by atoms with Crippen molar-refractivity contribution in [3.8, 4) is 5.75 Å². The lowest BCUT2D eigenvalue weighted by Crippen LogP contribution is -2.30. The monoisotopic (exact) mass is 391 g/mol. The Morgan fingerprint density at radius 2 is 1.97 bits per heavy atom. The van der Waals surface area contributed by atoms with Crippen molar-refractivity contribution >= 4 is 16.9 Å². The lowest BCUT2D eigenvalue weighted by Gasteiger charge is -2.24. The van der Waals surface area contributed by atoms with Crippen LogP contribution in [0.2, 0.25) is 0 Å². The maximum absolute atomic E-state index is 12.1. The maximum Gasteiger partial charge on any atom is 0.220 e. The van der Waals surface area contributed by atoms with E-state index in [1.54, 1.807) is 6.92 Å². The third kappa shape index (κ3) is 4.14. The average molecular weight is 392 g/mol. The molecule has 1 unspecified atom stereocenters. The minimum atomic E-state index is 0.0717. The number of likely N-dealkylation sites (tertiary alicyclic amines) is 1. The molecule has 2 aromatic carbocycles. The zero-order valence-corrected chi connectivity index (χ0v) is 17.3. The normalized spacial score (nSPS) is 16.5. The van der Waals surface area contributed by atoms with Crippen molar-refractivity contribution in [2.75, 3.05) is 13.2 Å². The average Bonchev–Trinajstić information content (AvgIpc) is 3.36. The highest BCUT2D eigenvalue weighted by atomic mass is 16.5. The molecule has 0 bridgehead atoms. The molecule has 1 atom stereocenters. The Hall–Kier alpha value is -2.82. The number of rotatable bonds is 7. The van der Waals surface area contributed by atoms with Crippen LogP contribution in [0.3, 0.4) is 0 Å². The maximum atomic E-state index is 12.1. The number of carbonyl (C=O) groups is 1. The number of aromatic nitrogens is 2. The van der Waals surface area contributed by atoms with Gasteiger partial charge in [-0.1, -0.05) is 31.2 Å². The molecule has 4 rings (SSSR count). The summed E-state index contributed by atoms with van der Waals surface area (Å²) in [5.74, 6) is 2.05. The van der Waals surface area contributed by atoms with Crippen molar-refractivity contribution in [3.05, 3.63) is 59.9 Å². The van der Waals surface area contributed by atoms with Crippen LogP contribution in [0.25, 0.3) is 11.0 Å². The SMILES string of the molecule is CCc1ccc(OCCCn2c(C3CCCN3C(C)=O)nc3ccccc32)cc1. The van der Waals surface area contributed by atoms with Crippen molar-refractivity contribution in [3.63, 3.8) is 0 Å². The number of carbonyl (C=O) groups excluding carboxylic acids is 1. The summed E-state index contributed by atoms with van der Waals surface area (Å²) in [4.78, 5) is 19.0. The van der Waals surface area contributed by atoms with Crippen LogP contribution in [0.15, 0.2) is 48.5 Å². The number of aryl methyl sites for hydroxylation is 2. The van der Waals surface area contributed by atoms with Crippen LogP contribution in [0.5, 0.6) is 5.75 Å². The van der Waals surface area contributed by atoms with Gasteiger partial charge in [0, 0.05) is 20.0 Å². The Morgan fingerprint density at radius 3 is 2.72 bits per heavy atom. The van der Waals surface area contributed by atoms with Gasteiger partial charge in [-0.05, 0) is 55.5 Å². The Bertz CT molecular complexity index is 977. The second-order valence-corrected chi connectivity index (χ2v) is 7.68. The minimum Gasteiger partial charge on any atom is -0.494 e. The third-order valence-electron chi connectivity index (χ3n) is 5.77. The summed E-state index contributed by atoms with van der Waals surface area (Å²) >= 11 is 0. The molecule has 1 saturated heterocycles. The van der Waals surface area contributed by atoms with Crippen LogP contribution in [0.1, 0.15) is 50.5 Å². The van der Waals surface area contributed by atoms with Crippen molar-refractivity contribution in [2.45, 2.75) is 52.1 Å². The van der Waals surface area contributed by atoms with Gasteiger partial charge >= 0.3 is 0 Å². The lowest BCUT2D eigenvalue weighted by molar-refractivity contribution is -0.129. The van der Waals surface area contributed by atoms with E-state index in [9.17, 15) is 4.79 Å². The predicted octanol–water partition coefficient (Wildman–Crippen LogP) is 4.75. The molecule has 0 saturated carbocycles. The summed E-state index contributed by atoms with van der Waals surface area (Å²) in [5.41, 5.74) is 3.44. The molecule has 152 valence electrons. The van der Waals surface area contributed by atoms with Gasteiger partial charge in [-0.15, -0.1) is 0 Å². The predicted molar refractivity (Wildman–Crippen MR) is 115 cm³/mol. The second-order valence-electron chi connectivity index (χ2n) is 7.68. The summed E-state index contributed by atoms with van der Waals surface area (Å²) in [7, 11) is 0. The molecule has 0 N–H and O–H groups in total. The van der Waals surface area contributed by atoms with Crippen LogP contribution in [0.4, 0.5) is 0 Å². The van der Waals surface area contributed by atoms with Crippen LogP contribution in [-0.2, 0) is 17.8 Å². The first-order chi connectivity index (χ1) is 14.2. The zero-order chi connectivity index (χ0) is 20.2. The summed E-state index contributed by atoms with van der Waals surface area (Å²) in [6.07, 6.45) is 3.93. The summed E-state index contributed by atoms with van der Waals surface area (Å²) in [5, 5.41) is 0. The highest BCUT2D eigenvalue weighted by molar-refractivity contribution is 5.77. The summed E-state index contributed by atoms with van der Waals surface area (Å²) < 4.78 is 8.22. The molecule has 2 heterocycles. The molecule has 3 aromatic rings. The standard InChI is InChI=1S/C24H29N3O2/c1-3-19-11-13-20(14-12-19)29-17-7-16-27-22-9-5-4-8-21(22)25-24(27)23-10-6-15-26(23)18(2)28/h4-5,8-9,11-14,23H,3,6-7,10,15-17H2,1-2H3. The number of para-hydroxylation sites is 2. The van der Waals surface area contributed by atoms with E-state index in [4.69, 9.17) is 9.72 Å². The molecule has 1 amide bonds. The largest absolute Gasteiger partial charge is 0.494 e. The zero-order valence-electron chi connectivity index (χ0n) is 17.3. The fourth-order valence-corrected chi connectivity index (χ4v) is 4.23. The highest BCUT2D eigenvalue weighted by Crippen LogP contribution is 2.33. The first-order valence-corrected chi connectivity index (χ1v) is 10.6. The van der Waals surface area contributed by atoms with E-state index in [0.29, 0.717) is 6.61 Å². The van der Waals surface area contributed by atoms with Gasteiger partial charge in [-0.25, -0.2) is 4.98 Å². The Balaban J connectivity index is 1.49. The van der Waals surface area contributed by atoms with Gasteiger partial charge < -0.3 is 14.2 Å². The molecule has 0 aliphatic carbocycles. The molecule has 5 nitrogen and oxygen atoms in total. The number of imidazole rings is 1. The number of amides is 1. The topological polar surface area (TPSA) is 47.4 Å².